The molecule has 0 bridgehead atoms. The van der Waals surface area contributed by atoms with Gasteiger partial charge in [0.25, 0.3) is 5.91 Å². The highest BCUT2D eigenvalue weighted by atomic mass is 19.4. The van der Waals surface area contributed by atoms with Crippen LogP contribution in [0.1, 0.15) is 23.0 Å². The van der Waals surface area contributed by atoms with Gasteiger partial charge in [0.15, 0.2) is 5.69 Å². The number of nitrogens with two attached hydrogens (primary N) is 1. The monoisotopic (exact) mass is 381 g/mol. The van der Waals surface area contributed by atoms with Crippen LogP contribution in [0.3, 0.4) is 0 Å². The number of nitrogens with one attached hydrogen (secondary N) is 1. The van der Waals surface area contributed by atoms with Crippen molar-refractivity contribution < 1.29 is 22.7 Å². The number of ether oxygens (including phenoxy) is 1. The fraction of sp³-hybridized carbons (Fsp3) is 0.353. The molecule has 2 heterocycles. The van der Waals surface area contributed by atoms with Gasteiger partial charge >= 0.3 is 6.18 Å². The summed E-state index contributed by atoms with van der Waals surface area (Å²) in [6.07, 6.45) is -3.30. The number of aromatic nitrogens is 2. The molecule has 3 rings (SSSR count). The normalized spacial score (nSPS) is 20.2. The second-order valence-electron chi connectivity index (χ2n) is 6.42. The zero-order valence-electron chi connectivity index (χ0n) is 14.5. The molecule has 0 fully saturated rings. The average Bonchev–Trinajstić information content (AvgIpc) is 3.01. The Balaban J connectivity index is 1.75. The van der Waals surface area contributed by atoms with E-state index in [1.807, 2.05) is 13.0 Å². The Hall–Kier alpha value is -2.88. The van der Waals surface area contributed by atoms with E-state index in [9.17, 15) is 18.0 Å². The number of carbonyl (C=O) groups excluding carboxylic acids is 1. The molecule has 0 saturated heterocycles. The second-order valence-corrected chi connectivity index (χ2v) is 6.42. The molecule has 3 N–H and O–H groups in total. The molecule has 1 unspecified atom stereocenters. The van der Waals surface area contributed by atoms with Crippen LogP contribution in [-0.2, 0) is 16.8 Å². The molecular formula is C17H18F3N5O2. The highest BCUT2D eigenvalue weighted by Gasteiger charge is 2.30. The Kier molecular flexibility index (Phi) is 4.92. The summed E-state index contributed by atoms with van der Waals surface area (Å²) < 4.78 is 43.3. The maximum absolute atomic E-state index is 12.4. The van der Waals surface area contributed by atoms with Gasteiger partial charge in [-0.2, -0.15) is 18.3 Å². The zero-order valence-corrected chi connectivity index (χ0v) is 14.5. The van der Waals surface area contributed by atoms with Gasteiger partial charge in [0, 0.05) is 11.9 Å². The largest absolute Gasteiger partial charge is 0.408 e. The lowest BCUT2D eigenvalue weighted by molar-refractivity contribution is -0.142. The molecule has 1 aliphatic heterocycles. The van der Waals surface area contributed by atoms with Gasteiger partial charge in [-0.3, -0.25) is 14.5 Å². The Bertz CT molecular complexity index is 877. The van der Waals surface area contributed by atoms with Crippen molar-refractivity contribution in [1.82, 2.24) is 9.78 Å². The lowest BCUT2D eigenvalue weighted by Crippen LogP contribution is -2.37. The Morgan fingerprint density at radius 1 is 1.41 bits per heavy atom. The highest BCUT2D eigenvalue weighted by Crippen LogP contribution is 2.30. The molecule has 0 aliphatic carbocycles. The molecule has 7 nitrogen and oxygen atoms in total. The molecule has 1 atom stereocenters. The Morgan fingerprint density at radius 2 is 2.19 bits per heavy atom. The van der Waals surface area contributed by atoms with Crippen molar-refractivity contribution in [2.75, 3.05) is 18.5 Å². The Labute approximate surface area is 153 Å². The van der Waals surface area contributed by atoms with Crippen LogP contribution in [0.2, 0.25) is 0 Å². The number of nitrogens with zero attached hydrogens (tertiary/aromatic N) is 3. The molecule has 1 amide bonds. The summed E-state index contributed by atoms with van der Waals surface area (Å²) in [6, 6.07) is 8.18. The summed E-state index contributed by atoms with van der Waals surface area (Å²) in [7, 11) is 0. The highest BCUT2D eigenvalue weighted by molar-refractivity contribution is 6.02. The van der Waals surface area contributed by atoms with Gasteiger partial charge < -0.3 is 15.8 Å². The summed E-state index contributed by atoms with van der Waals surface area (Å²) in [5.74, 6) is -0.227. The van der Waals surface area contributed by atoms with Gasteiger partial charge in [0.05, 0.1) is 6.61 Å². The van der Waals surface area contributed by atoms with Crippen molar-refractivity contribution in [3.05, 3.63) is 47.8 Å². The number of amides is 1. The van der Waals surface area contributed by atoms with Crippen LogP contribution < -0.4 is 11.1 Å². The summed E-state index contributed by atoms with van der Waals surface area (Å²) in [5, 5.41) is 6.28. The number of alkyl halides is 3. The predicted molar refractivity (Wildman–Crippen MR) is 92.5 cm³/mol. The fourth-order valence-corrected chi connectivity index (χ4v) is 2.77. The topological polar surface area (TPSA) is 94.5 Å². The molecule has 27 heavy (non-hydrogen) atoms. The molecule has 1 aliphatic rings. The van der Waals surface area contributed by atoms with Crippen LogP contribution in [-0.4, -0.2) is 40.9 Å². The number of hydrogen-bond acceptors (Lipinski definition) is 5. The van der Waals surface area contributed by atoms with E-state index in [1.165, 1.54) is 6.07 Å². The van der Waals surface area contributed by atoms with Crippen LogP contribution in [0.4, 0.5) is 18.9 Å². The van der Waals surface area contributed by atoms with Gasteiger partial charge in [0.1, 0.15) is 24.5 Å². The molecule has 0 saturated carbocycles. The van der Waals surface area contributed by atoms with E-state index in [0.29, 0.717) is 22.8 Å². The maximum atomic E-state index is 12.4. The van der Waals surface area contributed by atoms with E-state index < -0.39 is 24.2 Å². The van der Waals surface area contributed by atoms with Crippen LogP contribution in [0.25, 0.3) is 0 Å². The lowest BCUT2D eigenvalue weighted by Gasteiger charge is -2.30. The minimum atomic E-state index is -4.41. The third-order valence-electron chi connectivity index (χ3n) is 3.98. The van der Waals surface area contributed by atoms with Gasteiger partial charge in [-0.15, -0.1) is 0 Å². The number of benzene rings is 1. The van der Waals surface area contributed by atoms with E-state index in [0.717, 1.165) is 11.8 Å². The zero-order chi connectivity index (χ0) is 19.7. The van der Waals surface area contributed by atoms with Crippen LogP contribution in [0, 0.1) is 0 Å². The summed E-state index contributed by atoms with van der Waals surface area (Å²) in [4.78, 5) is 16.7. The third kappa shape index (κ3) is 4.64. The van der Waals surface area contributed by atoms with Crippen LogP contribution in [0.5, 0.6) is 0 Å². The summed E-state index contributed by atoms with van der Waals surface area (Å²) in [6.45, 7) is 1.21. The molecule has 144 valence electrons. The minimum Gasteiger partial charge on any atom is -0.386 e. The number of rotatable bonds is 4. The van der Waals surface area contributed by atoms with Crippen molar-refractivity contribution in [1.29, 1.82) is 0 Å². The van der Waals surface area contributed by atoms with Crippen molar-refractivity contribution >= 4 is 17.4 Å². The number of carbonyl (C=O) groups is 1. The van der Waals surface area contributed by atoms with E-state index in [1.54, 1.807) is 18.2 Å². The standard InChI is InChI=1S/C17H18F3N5O2/c1-16(10-27-8-14(21)23-16)11-3-2-4-12(7-11)22-15(26)13-5-6-25(24-13)9-17(18,19)20/h2-7H,8-10H2,1H3,(H2,21,23)(H,22,26). The molecule has 0 spiro atoms. The molecule has 1 aromatic carbocycles. The SMILES string of the molecule is CC1(c2cccc(NC(=O)c3ccn(CC(F)(F)F)n3)c2)COCC(N)=N1. The molecule has 0 radical (unpaired) electrons. The van der Waals surface area contributed by atoms with Gasteiger partial charge in [0.2, 0.25) is 0 Å². The van der Waals surface area contributed by atoms with E-state index in [-0.39, 0.29) is 12.3 Å². The first-order chi connectivity index (χ1) is 12.6. The number of halogens is 3. The maximum Gasteiger partial charge on any atom is 0.408 e. The van der Waals surface area contributed by atoms with Crippen LogP contribution in [0.15, 0.2) is 41.5 Å². The first-order valence-corrected chi connectivity index (χ1v) is 8.09. The molecule has 2 aromatic rings. The van der Waals surface area contributed by atoms with Crippen LogP contribution >= 0.6 is 0 Å². The van der Waals surface area contributed by atoms with Crippen molar-refractivity contribution in [2.24, 2.45) is 10.7 Å². The molecule has 1 aromatic heterocycles. The first-order valence-electron chi connectivity index (χ1n) is 8.09. The fourth-order valence-electron chi connectivity index (χ4n) is 2.77. The van der Waals surface area contributed by atoms with Gasteiger partial charge in [-0.25, -0.2) is 0 Å². The summed E-state index contributed by atoms with van der Waals surface area (Å²) >= 11 is 0. The smallest absolute Gasteiger partial charge is 0.386 e. The van der Waals surface area contributed by atoms with Gasteiger partial charge in [-0.1, -0.05) is 12.1 Å². The molecular weight excluding hydrogens is 363 g/mol. The van der Waals surface area contributed by atoms with Crippen molar-refractivity contribution in [3.8, 4) is 0 Å². The lowest BCUT2D eigenvalue weighted by atomic mass is 9.92. The average molecular weight is 381 g/mol. The third-order valence-corrected chi connectivity index (χ3v) is 3.98. The quantitative estimate of drug-likeness (QED) is 0.850. The minimum absolute atomic E-state index is 0.112. The van der Waals surface area contributed by atoms with E-state index in [2.05, 4.69) is 15.4 Å². The molecule has 10 heteroatoms. The van der Waals surface area contributed by atoms with Crippen molar-refractivity contribution in [3.63, 3.8) is 0 Å². The predicted octanol–water partition coefficient (Wildman–Crippen LogP) is 2.30. The van der Waals surface area contributed by atoms with E-state index in [4.69, 9.17) is 10.5 Å². The number of aliphatic imine (C=N–C) groups is 1. The first kappa shape index (κ1) is 18.9. The number of amidine groups is 1. The summed E-state index contributed by atoms with van der Waals surface area (Å²) in [5.41, 5.74) is 6.20. The number of hydrogen-bond donors (Lipinski definition) is 2. The van der Waals surface area contributed by atoms with E-state index >= 15 is 0 Å². The van der Waals surface area contributed by atoms with Gasteiger partial charge in [-0.05, 0) is 30.7 Å². The second kappa shape index (κ2) is 7.03. The number of anilines is 1. The Morgan fingerprint density at radius 3 is 2.89 bits per heavy atom. The van der Waals surface area contributed by atoms with Crippen molar-refractivity contribution in [2.45, 2.75) is 25.2 Å².